The third kappa shape index (κ3) is 5.47. The Hall–Kier alpha value is -2.21. The monoisotopic (exact) mass is 513 g/mol. The fourth-order valence-electron chi connectivity index (χ4n) is 5.68. The van der Waals surface area contributed by atoms with Gasteiger partial charge in [-0.15, -0.1) is 0 Å². The van der Waals surface area contributed by atoms with Crippen LogP contribution in [0.3, 0.4) is 0 Å². The molecule has 3 heterocycles. The highest BCUT2D eigenvalue weighted by Gasteiger charge is 2.34. The van der Waals surface area contributed by atoms with Crippen molar-refractivity contribution in [3.05, 3.63) is 75.9 Å². The first-order chi connectivity index (χ1) is 17.0. The normalized spacial score (nSPS) is 22.0. The molecule has 0 bridgehead atoms. The lowest BCUT2D eigenvalue weighted by Crippen LogP contribution is -2.51. The van der Waals surface area contributed by atoms with Crippen LogP contribution in [0, 0.1) is 11.8 Å². The number of hydrogen-bond acceptors (Lipinski definition) is 3. The third-order valence-electron chi connectivity index (χ3n) is 7.72. The molecule has 1 amide bonds. The van der Waals surface area contributed by atoms with Crippen molar-refractivity contribution in [2.24, 2.45) is 11.8 Å². The minimum Gasteiger partial charge on any atom is -0.339 e. The third-order valence-corrected chi connectivity index (χ3v) is 8.46. The average Bonchev–Trinajstić information content (AvgIpc) is 2.90. The van der Waals surface area contributed by atoms with Crippen molar-refractivity contribution in [3.8, 4) is 0 Å². The number of hydrogen-bond donors (Lipinski definition) is 0. The number of fused-ring (bicyclic) bond motifs is 1. The van der Waals surface area contributed by atoms with E-state index in [0.717, 1.165) is 68.3 Å². The Kier molecular flexibility index (Phi) is 7.56. The zero-order chi connectivity index (χ0) is 24.4. The largest absolute Gasteiger partial charge is 0.339 e. The van der Waals surface area contributed by atoms with Gasteiger partial charge >= 0.3 is 0 Å². The van der Waals surface area contributed by atoms with Crippen molar-refractivity contribution >= 4 is 40.0 Å². The summed E-state index contributed by atoms with van der Waals surface area (Å²) in [7, 11) is 0. The molecule has 3 aromatic rings. The first kappa shape index (κ1) is 24.5. The Labute approximate surface area is 216 Å². The van der Waals surface area contributed by atoms with E-state index >= 15 is 0 Å². The van der Waals surface area contributed by atoms with E-state index in [1.165, 1.54) is 0 Å². The Morgan fingerprint density at radius 2 is 1.80 bits per heavy atom. The van der Waals surface area contributed by atoms with E-state index in [4.69, 9.17) is 23.2 Å². The number of pyridine rings is 1. The van der Waals surface area contributed by atoms with E-state index in [2.05, 4.69) is 9.88 Å². The van der Waals surface area contributed by atoms with Gasteiger partial charge in [0.1, 0.15) is 0 Å². The molecule has 0 saturated carbocycles. The van der Waals surface area contributed by atoms with E-state index < -0.39 is 0 Å². The van der Waals surface area contributed by atoms with Gasteiger partial charge in [0, 0.05) is 48.7 Å². The number of aromatic nitrogens is 1. The smallest absolute Gasteiger partial charge is 0.253 e. The molecule has 2 saturated heterocycles. The van der Waals surface area contributed by atoms with Crippen LogP contribution in [0.2, 0.25) is 10.0 Å². The van der Waals surface area contributed by atoms with Crippen molar-refractivity contribution in [3.63, 3.8) is 0 Å². The molecule has 0 unspecified atom stereocenters. The Morgan fingerprint density at radius 1 is 0.971 bits per heavy atom. The Morgan fingerprint density at radius 3 is 2.57 bits per heavy atom. The van der Waals surface area contributed by atoms with Crippen molar-refractivity contribution in [1.29, 1.82) is 0 Å². The van der Waals surface area contributed by atoms with Gasteiger partial charge in [0.2, 0.25) is 0 Å². The first-order valence-electron chi connectivity index (χ1n) is 12.4. The van der Waals surface area contributed by atoms with E-state index in [9.17, 15) is 9.18 Å². The van der Waals surface area contributed by atoms with Crippen molar-refractivity contribution in [2.75, 3.05) is 32.9 Å². The fourth-order valence-corrected chi connectivity index (χ4v) is 6.00. The van der Waals surface area contributed by atoms with Gasteiger partial charge < -0.3 is 4.90 Å². The second kappa shape index (κ2) is 10.8. The summed E-state index contributed by atoms with van der Waals surface area (Å²) in [5.74, 6) is 0.401. The lowest BCUT2D eigenvalue weighted by Gasteiger charge is -2.44. The lowest BCUT2D eigenvalue weighted by atomic mass is 9.81. The van der Waals surface area contributed by atoms with E-state index in [1.54, 1.807) is 6.20 Å². The standard InChI is InChI=1S/C28H30Cl2FN3O/c29-25-5-3-19(15-26(25)30)14-20-7-11-34(18-23(20)17-31)24-8-12-33(13-9-24)28(35)22-4-6-27-21(16-22)2-1-10-32-27/h1-6,10,15-16,20,23-24H,7-9,11-14,17-18H2/t20-,23-/m1/s1. The first-order valence-corrected chi connectivity index (χ1v) is 13.2. The molecule has 5 rings (SSSR count). The maximum Gasteiger partial charge on any atom is 0.253 e. The number of likely N-dealkylation sites (tertiary alicyclic amines) is 2. The molecule has 0 aliphatic carbocycles. The number of carbonyl (C=O) groups is 1. The molecule has 7 heteroatoms. The van der Waals surface area contributed by atoms with Gasteiger partial charge in [-0.05, 0) is 80.1 Å². The van der Waals surface area contributed by atoms with Gasteiger partial charge in [0.05, 0.1) is 22.2 Å². The van der Waals surface area contributed by atoms with Crippen LogP contribution in [0.1, 0.15) is 35.2 Å². The highest BCUT2D eigenvalue weighted by molar-refractivity contribution is 6.42. The zero-order valence-corrected chi connectivity index (χ0v) is 21.2. The quantitative estimate of drug-likeness (QED) is 0.401. The average molecular weight is 514 g/mol. The maximum atomic E-state index is 14.1. The topological polar surface area (TPSA) is 36.4 Å². The minimum absolute atomic E-state index is 0.0177. The van der Waals surface area contributed by atoms with Gasteiger partial charge in [-0.3, -0.25) is 19.1 Å². The molecule has 2 aliphatic heterocycles. The van der Waals surface area contributed by atoms with Crippen LogP contribution in [0.5, 0.6) is 0 Å². The summed E-state index contributed by atoms with van der Waals surface area (Å²) in [5.41, 5.74) is 2.73. The predicted molar refractivity (Wildman–Crippen MR) is 140 cm³/mol. The van der Waals surface area contributed by atoms with E-state index in [1.807, 2.05) is 53.4 Å². The molecule has 0 spiro atoms. The van der Waals surface area contributed by atoms with Crippen LogP contribution in [-0.2, 0) is 6.42 Å². The molecule has 1 aromatic heterocycles. The van der Waals surface area contributed by atoms with Crippen LogP contribution >= 0.6 is 23.2 Å². The van der Waals surface area contributed by atoms with Crippen LogP contribution in [0.25, 0.3) is 10.9 Å². The molecule has 0 radical (unpaired) electrons. The molecule has 35 heavy (non-hydrogen) atoms. The molecular weight excluding hydrogens is 484 g/mol. The summed E-state index contributed by atoms with van der Waals surface area (Å²) < 4.78 is 14.1. The summed E-state index contributed by atoms with van der Waals surface area (Å²) in [4.78, 5) is 21.9. The number of halogens is 3. The highest BCUT2D eigenvalue weighted by atomic mass is 35.5. The summed E-state index contributed by atoms with van der Waals surface area (Å²) in [6, 6.07) is 15.7. The maximum absolute atomic E-state index is 14.1. The summed E-state index contributed by atoms with van der Waals surface area (Å²) in [5, 5.41) is 2.09. The summed E-state index contributed by atoms with van der Waals surface area (Å²) >= 11 is 12.2. The van der Waals surface area contributed by atoms with Crippen molar-refractivity contribution in [1.82, 2.24) is 14.8 Å². The number of piperidine rings is 2. The number of nitrogens with zero attached hydrogens (tertiary/aromatic N) is 3. The highest BCUT2D eigenvalue weighted by Crippen LogP contribution is 2.32. The van der Waals surface area contributed by atoms with Crippen LogP contribution in [-0.4, -0.2) is 59.6 Å². The second-order valence-corrected chi connectivity index (χ2v) is 10.7. The van der Waals surface area contributed by atoms with Crippen LogP contribution < -0.4 is 0 Å². The Bertz CT molecular complexity index is 1200. The lowest BCUT2D eigenvalue weighted by molar-refractivity contribution is 0.0346. The van der Waals surface area contributed by atoms with Crippen LogP contribution in [0.4, 0.5) is 4.39 Å². The molecule has 0 N–H and O–H groups in total. The molecule has 184 valence electrons. The number of benzene rings is 2. The predicted octanol–water partition coefficient (Wildman–Crippen LogP) is 6.30. The SMILES string of the molecule is O=C(c1ccc2ncccc2c1)N1CCC(N2CC[C@H](Cc3ccc(Cl)c(Cl)c3)[C@H](CF)C2)CC1. The minimum atomic E-state index is -0.309. The van der Waals surface area contributed by atoms with Gasteiger partial charge in [-0.1, -0.05) is 35.3 Å². The number of alkyl halides is 1. The Balaban J connectivity index is 1.16. The van der Waals surface area contributed by atoms with Gasteiger partial charge in [-0.25, -0.2) is 0 Å². The summed E-state index contributed by atoms with van der Waals surface area (Å²) in [6.07, 6.45) is 5.42. The number of rotatable bonds is 5. The fraction of sp³-hybridized carbons (Fsp3) is 0.429. The summed E-state index contributed by atoms with van der Waals surface area (Å²) in [6.45, 7) is 2.91. The van der Waals surface area contributed by atoms with Crippen molar-refractivity contribution in [2.45, 2.75) is 31.7 Å². The zero-order valence-electron chi connectivity index (χ0n) is 19.7. The number of amides is 1. The molecule has 4 nitrogen and oxygen atoms in total. The molecule has 2 aromatic carbocycles. The molecule has 2 fully saturated rings. The van der Waals surface area contributed by atoms with E-state index in [-0.39, 0.29) is 18.5 Å². The van der Waals surface area contributed by atoms with Gasteiger partial charge in [0.15, 0.2) is 0 Å². The second-order valence-electron chi connectivity index (χ2n) is 9.84. The molecular formula is C28H30Cl2FN3O. The molecule has 2 aliphatic rings. The molecule has 2 atom stereocenters. The van der Waals surface area contributed by atoms with Gasteiger partial charge in [-0.2, -0.15) is 0 Å². The van der Waals surface area contributed by atoms with E-state index in [0.29, 0.717) is 27.6 Å². The van der Waals surface area contributed by atoms with Gasteiger partial charge in [0.25, 0.3) is 5.91 Å². The van der Waals surface area contributed by atoms with Crippen molar-refractivity contribution < 1.29 is 9.18 Å². The van der Waals surface area contributed by atoms with Crippen LogP contribution in [0.15, 0.2) is 54.7 Å². The number of carbonyl (C=O) groups excluding carboxylic acids is 1.